The van der Waals surface area contributed by atoms with Crippen LogP contribution >= 0.6 is 0 Å². The first-order chi connectivity index (χ1) is 5.13. The molecule has 0 saturated heterocycles. The predicted molar refractivity (Wildman–Crippen MR) is 42.4 cm³/mol. The van der Waals surface area contributed by atoms with Crippen molar-refractivity contribution >= 4 is 5.69 Å². The summed E-state index contributed by atoms with van der Waals surface area (Å²) < 4.78 is 12.9. The Morgan fingerprint density at radius 2 is 2.00 bits per heavy atom. The second kappa shape index (κ2) is 2.78. The number of anilines is 1. The van der Waals surface area contributed by atoms with Crippen LogP contribution in [0.2, 0.25) is 0 Å². The molecule has 0 radical (unpaired) electrons. The Hall–Kier alpha value is -1.25. The molecular formula is C8H10FNO. The van der Waals surface area contributed by atoms with E-state index >= 15 is 0 Å². The van der Waals surface area contributed by atoms with Crippen LogP contribution in [0, 0.1) is 5.82 Å². The third-order valence-electron chi connectivity index (χ3n) is 1.41. The summed E-state index contributed by atoms with van der Waals surface area (Å²) in [4.78, 5) is 1.53. The minimum absolute atomic E-state index is 0.0324. The summed E-state index contributed by atoms with van der Waals surface area (Å²) in [6, 6.07) is 4.24. The minimum atomic E-state index is -0.407. The van der Waals surface area contributed by atoms with E-state index in [1.807, 2.05) is 0 Å². The van der Waals surface area contributed by atoms with E-state index in [1.165, 1.54) is 23.1 Å². The van der Waals surface area contributed by atoms with Crippen LogP contribution < -0.4 is 4.90 Å². The van der Waals surface area contributed by atoms with E-state index in [2.05, 4.69) is 0 Å². The second-order valence-corrected chi connectivity index (χ2v) is 2.50. The topological polar surface area (TPSA) is 23.5 Å². The maximum Gasteiger partial charge on any atom is 0.150 e. The average Bonchev–Trinajstić information content (AvgIpc) is 1.85. The van der Waals surface area contributed by atoms with Gasteiger partial charge in [0.05, 0.1) is 0 Å². The van der Waals surface area contributed by atoms with Crippen molar-refractivity contribution in [3.8, 4) is 5.75 Å². The standard InChI is InChI=1S/C8H10FNO/c1-10(2)8-6(9)4-3-5-7(8)11/h3-5,11H,1-2H3. The van der Waals surface area contributed by atoms with Gasteiger partial charge in [-0.2, -0.15) is 0 Å². The lowest BCUT2D eigenvalue weighted by molar-refractivity contribution is 0.469. The fourth-order valence-electron chi connectivity index (χ4n) is 0.947. The molecule has 1 N–H and O–H groups in total. The van der Waals surface area contributed by atoms with Gasteiger partial charge in [0.1, 0.15) is 17.3 Å². The van der Waals surface area contributed by atoms with E-state index in [0.717, 1.165) is 0 Å². The molecule has 0 saturated carbocycles. The fraction of sp³-hybridized carbons (Fsp3) is 0.250. The molecule has 0 aliphatic rings. The van der Waals surface area contributed by atoms with Crippen molar-refractivity contribution in [2.24, 2.45) is 0 Å². The molecule has 60 valence electrons. The molecule has 0 aromatic heterocycles. The van der Waals surface area contributed by atoms with Crippen LogP contribution in [0.4, 0.5) is 10.1 Å². The molecule has 0 spiro atoms. The minimum Gasteiger partial charge on any atom is -0.506 e. The molecule has 0 fully saturated rings. The molecule has 11 heavy (non-hydrogen) atoms. The van der Waals surface area contributed by atoms with Crippen LogP contribution in [0.25, 0.3) is 0 Å². The van der Waals surface area contributed by atoms with E-state index in [9.17, 15) is 9.50 Å². The van der Waals surface area contributed by atoms with E-state index in [1.54, 1.807) is 14.1 Å². The Balaban J connectivity index is 3.21. The van der Waals surface area contributed by atoms with Crippen LogP contribution in [0.15, 0.2) is 18.2 Å². The van der Waals surface area contributed by atoms with Gasteiger partial charge in [-0.25, -0.2) is 4.39 Å². The number of nitrogens with zero attached hydrogens (tertiary/aromatic N) is 1. The Bertz CT molecular complexity index is 240. The molecule has 0 heterocycles. The fourth-order valence-corrected chi connectivity index (χ4v) is 0.947. The van der Waals surface area contributed by atoms with Gasteiger partial charge in [-0.3, -0.25) is 0 Å². The van der Waals surface area contributed by atoms with Crippen molar-refractivity contribution in [3.05, 3.63) is 24.0 Å². The molecule has 0 unspecified atom stereocenters. The zero-order chi connectivity index (χ0) is 8.43. The van der Waals surface area contributed by atoms with Gasteiger partial charge in [0.25, 0.3) is 0 Å². The summed E-state index contributed by atoms with van der Waals surface area (Å²) in [5, 5.41) is 9.18. The van der Waals surface area contributed by atoms with Crippen molar-refractivity contribution in [1.82, 2.24) is 0 Å². The van der Waals surface area contributed by atoms with E-state index in [4.69, 9.17) is 0 Å². The SMILES string of the molecule is CN(C)c1c(O)cccc1F. The number of phenols is 1. The number of rotatable bonds is 1. The molecule has 0 atom stereocenters. The zero-order valence-electron chi connectivity index (χ0n) is 6.50. The monoisotopic (exact) mass is 155 g/mol. The summed E-state index contributed by atoms with van der Waals surface area (Å²) in [5.74, 6) is -0.440. The van der Waals surface area contributed by atoms with Gasteiger partial charge in [0.2, 0.25) is 0 Å². The van der Waals surface area contributed by atoms with Crippen LogP contribution in [0.1, 0.15) is 0 Å². The molecule has 2 nitrogen and oxygen atoms in total. The van der Waals surface area contributed by atoms with Gasteiger partial charge >= 0.3 is 0 Å². The summed E-state index contributed by atoms with van der Waals surface area (Å²) in [6.45, 7) is 0. The van der Waals surface area contributed by atoms with Crippen molar-refractivity contribution in [2.45, 2.75) is 0 Å². The van der Waals surface area contributed by atoms with Crippen LogP contribution in [0.3, 0.4) is 0 Å². The summed E-state index contributed by atoms with van der Waals surface area (Å²) in [5.41, 5.74) is 0.229. The smallest absolute Gasteiger partial charge is 0.150 e. The number of para-hydroxylation sites is 1. The average molecular weight is 155 g/mol. The van der Waals surface area contributed by atoms with Gasteiger partial charge in [-0.05, 0) is 12.1 Å². The number of phenolic OH excluding ortho intramolecular Hbond substituents is 1. The molecule has 1 aromatic carbocycles. The Morgan fingerprint density at radius 1 is 1.36 bits per heavy atom. The highest BCUT2D eigenvalue weighted by Gasteiger charge is 2.07. The predicted octanol–water partition coefficient (Wildman–Crippen LogP) is 1.60. The lowest BCUT2D eigenvalue weighted by Crippen LogP contribution is -2.10. The van der Waals surface area contributed by atoms with E-state index in [0.29, 0.717) is 0 Å². The van der Waals surface area contributed by atoms with E-state index in [-0.39, 0.29) is 11.4 Å². The second-order valence-electron chi connectivity index (χ2n) is 2.50. The number of benzene rings is 1. The normalized spacial score (nSPS) is 9.73. The van der Waals surface area contributed by atoms with Crippen molar-refractivity contribution in [2.75, 3.05) is 19.0 Å². The first kappa shape index (κ1) is 7.85. The number of aromatic hydroxyl groups is 1. The number of halogens is 1. The Morgan fingerprint density at radius 3 is 2.36 bits per heavy atom. The van der Waals surface area contributed by atoms with Crippen molar-refractivity contribution in [1.29, 1.82) is 0 Å². The van der Waals surface area contributed by atoms with Crippen LogP contribution in [-0.4, -0.2) is 19.2 Å². The first-order valence-electron chi connectivity index (χ1n) is 3.27. The molecule has 0 aliphatic heterocycles. The molecule has 0 aliphatic carbocycles. The maximum absolute atomic E-state index is 12.9. The van der Waals surface area contributed by atoms with Crippen molar-refractivity contribution < 1.29 is 9.50 Å². The molecule has 1 aromatic rings. The highest BCUT2D eigenvalue weighted by Crippen LogP contribution is 2.27. The van der Waals surface area contributed by atoms with Crippen LogP contribution in [-0.2, 0) is 0 Å². The van der Waals surface area contributed by atoms with Gasteiger partial charge in [-0.15, -0.1) is 0 Å². The zero-order valence-corrected chi connectivity index (χ0v) is 6.50. The highest BCUT2D eigenvalue weighted by molar-refractivity contribution is 5.57. The molecule has 1 rings (SSSR count). The van der Waals surface area contributed by atoms with Gasteiger partial charge < -0.3 is 10.0 Å². The molecule has 0 bridgehead atoms. The van der Waals surface area contributed by atoms with Gasteiger partial charge in [0.15, 0.2) is 0 Å². The lowest BCUT2D eigenvalue weighted by atomic mass is 10.2. The van der Waals surface area contributed by atoms with E-state index < -0.39 is 5.82 Å². The highest BCUT2D eigenvalue weighted by atomic mass is 19.1. The number of hydrogen-bond donors (Lipinski definition) is 1. The molecule has 3 heteroatoms. The van der Waals surface area contributed by atoms with Gasteiger partial charge in [-0.1, -0.05) is 6.07 Å². The van der Waals surface area contributed by atoms with Crippen LogP contribution in [0.5, 0.6) is 5.75 Å². The largest absolute Gasteiger partial charge is 0.506 e. The third kappa shape index (κ3) is 1.42. The van der Waals surface area contributed by atoms with Gasteiger partial charge in [0, 0.05) is 14.1 Å². The third-order valence-corrected chi connectivity index (χ3v) is 1.41. The summed E-state index contributed by atoms with van der Waals surface area (Å²) in [6.07, 6.45) is 0. The van der Waals surface area contributed by atoms with Crippen molar-refractivity contribution in [3.63, 3.8) is 0 Å². The Labute approximate surface area is 64.9 Å². The Kier molecular flexibility index (Phi) is 1.98. The first-order valence-corrected chi connectivity index (χ1v) is 3.27. The molecular weight excluding hydrogens is 145 g/mol. The quantitative estimate of drug-likeness (QED) is 0.665. The number of hydrogen-bond acceptors (Lipinski definition) is 2. The summed E-state index contributed by atoms with van der Waals surface area (Å²) in [7, 11) is 3.36. The summed E-state index contributed by atoms with van der Waals surface area (Å²) >= 11 is 0. The lowest BCUT2D eigenvalue weighted by Gasteiger charge is -2.14. The maximum atomic E-state index is 12.9. The molecule has 0 amide bonds.